The Morgan fingerprint density at radius 1 is 0.964 bits per heavy atom. The molecule has 2 aromatic rings. The Balaban J connectivity index is 1.91. The lowest BCUT2D eigenvalue weighted by Gasteiger charge is -2.10. The number of ether oxygens (including phenoxy) is 4. The molecule has 0 aliphatic heterocycles. The van der Waals surface area contributed by atoms with Crippen LogP contribution in [0.15, 0.2) is 42.5 Å². The van der Waals surface area contributed by atoms with Crippen molar-refractivity contribution < 1.29 is 28.5 Å². The fourth-order valence-corrected chi connectivity index (χ4v) is 2.44. The number of methoxy groups -OCH3 is 3. The lowest BCUT2D eigenvalue weighted by Crippen LogP contribution is -2.20. The highest BCUT2D eigenvalue weighted by Gasteiger charge is 2.10. The Morgan fingerprint density at radius 3 is 2.32 bits per heavy atom. The van der Waals surface area contributed by atoms with Crippen molar-refractivity contribution in [3.8, 4) is 17.2 Å². The van der Waals surface area contributed by atoms with Gasteiger partial charge in [-0.3, -0.25) is 4.79 Å². The third-order valence-corrected chi connectivity index (χ3v) is 3.84. The molecule has 0 aliphatic rings. The van der Waals surface area contributed by atoms with Gasteiger partial charge in [0.1, 0.15) is 5.75 Å². The summed E-state index contributed by atoms with van der Waals surface area (Å²) >= 11 is 5.91. The number of anilines is 1. The van der Waals surface area contributed by atoms with Crippen molar-refractivity contribution in [1.82, 2.24) is 0 Å². The van der Waals surface area contributed by atoms with E-state index in [1.165, 1.54) is 33.5 Å². The molecule has 1 N–H and O–H groups in total. The molecule has 0 radical (unpaired) electrons. The average molecular weight is 406 g/mol. The Labute approximate surface area is 167 Å². The highest BCUT2D eigenvalue weighted by atomic mass is 35.5. The lowest BCUT2D eigenvalue weighted by molar-refractivity contribution is -0.142. The second-order valence-electron chi connectivity index (χ2n) is 5.45. The first-order valence-electron chi connectivity index (χ1n) is 8.17. The van der Waals surface area contributed by atoms with Gasteiger partial charge in [0.25, 0.3) is 5.91 Å². The van der Waals surface area contributed by atoms with Crippen LogP contribution in [0.2, 0.25) is 5.02 Å². The number of carbonyl (C=O) groups is 2. The SMILES string of the molecule is COc1ccc(Cl)cc1NC(=O)COC(=O)C=Cc1ccc(OC)c(OC)c1. The van der Waals surface area contributed by atoms with Crippen LogP contribution in [0.3, 0.4) is 0 Å². The molecule has 0 atom stereocenters. The zero-order valence-corrected chi connectivity index (χ0v) is 16.4. The van der Waals surface area contributed by atoms with Crippen molar-refractivity contribution in [2.75, 3.05) is 33.3 Å². The standard InChI is InChI=1S/C20H20ClNO6/c1-25-16-8-6-14(21)11-15(16)22-19(23)12-28-20(24)9-5-13-4-7-17(26-2)18(10-13)27-3/h4-11H,12H2,1-3H3,(H,22,23). The normalized spacial score (nSPS) is 10.4. The third kappa shape index (κ3) is 5.92. The highest BCUT2D eigenvalue weighted by Crippen LogP contribution is 2.28. The van der Waals surface area contributed by atoms with E-state index in [1.54, 1.807) is 36.4 Å². The predicted octanol–water partition coefficient (Wildman–Crippen LogP) is 3.56. The summed E-state index contributed by atoms with van der Waals surface area (Å²) in [4.78, 5) is 23.8. The first-order chi connectivity index (χ1) is 13.5. The fourth-order valence-electron chi connectivity index (χ4n) is 2.27. The molecule has 0 aliphatic carbocycles. The van der Waals surface area contributed by atoms with E-state index < -0.39 is 18.5 Å². The topological polar surface area (TPSA) is 83.1 Å². The van der Waals surface area contributed by atoms with E-state index in [0.29, 0.717) is 33.5 Å². The minimum absolute atomic E-state index is 0.386. The number of rotatable bonds is 8. The van der Waals surface area contributed by atoms with Gasteiger partial charge in [0.2, 0.25) is 0 Å². The van der Waals surface area contributed by atoms with Crippen molar-refractivity contribution in [3.63, 3.8) is 0 Å². The molecular formula is C20H20ClNO6. The van der Waals surface area contributed by atoms with Crippen LogP contribution in [0, 0.1) is 0 Å². The van der Waals surface area contributed by atoms with Crippen LogP contribution in [-0.4, -0.2) is 39.8 Å². The van der Waals surface area contributed by atoms with E-state index in [9.17, 15) is 9.59 Å². The molecule has 2 rings (SSSR count). The number of nitrogens with one attached hydrogen (secondary N) is 1. The summed E-state index contributed by atoms with van der Waals surface area (Å²) in [5, 5.41) is 3.02. The number of amides is 1. The molecule has 28 heavy (non-hydrogen) atoms. The molecule has 0 saturated carbocycles. The molecular weight excluding hydrogens is 386 g/mol. The van der Waals surface area contributed by atoms with Gasteiger partial charge in [0.05, 0.1) is 27.0 Å². The van der Waals surface area contributed by atoms with Crippen LogP contribution >= 0.6 is 11.6 Å². The first-order valence-corrected chi connectivity index (χ1v) is 8.55. The minimum atomic E-state index is -0.664. The number of hydrogen-bond donors (Lipinski definition) is 1. The largest absolute Gasteiger partial charge is 0.495 e. The van der Waals surface area contributed by atoms with Crippen molar-refractivity contribution in [3.05, 3.63) is 53.1 Å². The Bertz CT molecular complexity index is 881. The molecule has 1 amide bonds. The third-order valence-electron chi connectivity index (χ3n) is 3.60. The summed E-state index contributed by atoms with van der Waals surface area (Å²) in [5.74, 6) is 0.372. The van der Waals surface area contributed by atoms with Crippen molar-refractivity contribution in [2.45, 2.75) is 0 Å². The Hall–Kier alpha value is -3.19. The molecule has 0 spiro atoms. The number of esters is 1. The highest BCUT2D eigenvalue weighted by molar-refractivity contribution is 6.31. The molecule has 2 aromatic carbocycles. The predicted molar refractivity (Wildman–Crippen MR) is 106 cm³/mol. The van der Waals surface area contributed by atoms with E-state index in [2.05, 4.69) is 5.32 Å². The summed E-state index contributed by atoms with van der Waals surface area (Å²) in [6, 6.07) is 9.97. The van der Waals surface area contributed by atoms with Gasteiger partial charge in [-0.15, -0.1) is 0 Å². The van der Waals surface area contributed by atoms with Gasteiger partial charge in [-0.05, 0) is 42.0 Å². The maximum absolute atomic E-state index is 12.0. The van der Waals surface area contributed by atoms with Crippen molar-refractivity contribution >= 4 is 35.2 Å². The van der Waals surface area contributed by atoms with Gasteiger partial charge >= 0.3 is 5.97 Å². The maximum atomic E-state index is 12.0. The summed E-state index contributed by atoms with van der Waals surface area (Å²) in [6.45, 7) is -0.454. The summed E-state index contributed by atoms with van der Waals surface area (Å²) in [6.07, 6.45) is 2.76. The van der Waals surface area contributed by atoms with Crippen LogP contribution in [0.25, 0.3) is 6.08 Å². The lowest BCUT2D eigenvalue weighted by atomic mass is 10.2. The van der Waals surface area contributed by atoms with Crippen LogP contribution in [0.1, 0.15) is 5.56 Å². The molecule has 0 saturated heterocycles. The van der Waals surface area contributed by atoms with Crippen molar-refractivity contribution in [1.29, 1.82) is 0 Å². The van der Waals surface area contributed by atoms with Gasteiger partial charge in [0.15, 0.2) is 18.1 Å². The molecule has 0 heterocycles. The molecule has 148 valence electrons. The summed E-state index contributed by atoms with van der Waals surface area (Å²) in [5.41, 5.74) is 1.10. The molecule has 0 fully saturated rings. The van der Waals surface area contributed by atoms with Crippen LogP contribution in [0.5, 0.6) is 17.2 Å². The molecule has 8 heteroatoms. The number of halogens is 1. The van der Waals surface area contributed by atoms with E-state index in [1.807, 2.05) is 0 Å². The smallest absolute Gasteiger partial charge is 0.331 e. The average Bonchev–Trinajstić information content (AvgIpc) is 2.70. The molecule has 0 unspecified atom stereocenters. The maximum Gasteiger partial charge on any atom is 0.331 e. The molecule has 7 nitrogen and oxygen atoms in total. The van der Waals surface area contributed by atoms with Crippen LogP contribution in [0.4, 0.5) is 5.69 Å². The number of hydrogen-bond acceptors (Lipinski definition) is 6. The molecule has 0 bridgehead atoms. The Morgan fingerprint density at radius 2 is 1.64 bits per heavy atom. The zero-order valence-electron chi connectivity index (χ0n) is 15.7. The van der Waals surface area contributed by atoms with Crippen molar-refractivity contribution in [2.24, 2.45) is 0 Å². The quantitative estimate of drug-likeness (QED) is 0.534. The van der Waals surface area contributed by atoms with Gasteiger partial charge in [0, 0.05) is 11.1 Å². The summed E-state index contributed by atoms with van der Waals surface area (Å²) < 4.78 is 20.4. The monoisotopic (exact) mass is 405 g/mol. The van der Waals surface area contributed by atoms with E-state index >= 15 is 0 Å². The van der Waals surface area contributed by atoms with Gasteiger partial charge in [-0.25, -0.2) is 4.79 Å². The minimum Gasteiger partial charge on any atom is -0.495 e. The summed E-state index contributed by atoms with van der Waals surface area (Å²) in [7, 11) is 4.53. The Kier molecular flexibility index (Phi) is 7.71. The second kappa shape index (κ2) is 10.2. The zero-order chi connectivity index (χ0) is 20.5. The van der Waals surface area contributed by atoms with E-state index in [4.69, 9.17) is 30.5 Å². The van der Waals surface area contributed by atoms with E-state index in [-0.39, 0.29) is 0 Å². The molecule has 0 aromatic heterocycles. The first kappa shape index (κ1) is 21.1. The fraction of sp³-hybridized carbons (Fsp3) is 0.200. The van der Waals surface area contributed by atoms with Crippen LogP contribution < -0.4 is 19.5 Å². The number of benzene rings is 2. The van der Waals surface area contributed by atoms with Crippen LogP contribution in [-0.2, 0) is 14.3 Å². The van der Waals surface area contributed by atoms with E-state index in [0.717, 1.165) is 0 Å². The second-order valence-corrected chi connectivity index (χ2v) is 5.88. The van der Waals surface area contributed by atoms with Gasteiger partial charge in [-0.1, -0.05) is 17.7 Å². The van der Waals surface area contributed by atoms with Gasteiger partial charge < -0.3 is 24.3 Å². The van der Waals surface area contributed by atoms with Gasteiger partial charge in [-0.2, -0.15) is 0 Å². The number of carbonyl (C=O) groups excluding carboxylic acids is 2.